The number of ether oxygens (including phenoxy) is 2. The Morgan fingerprint density at radius 2 is 1.77 bits per heavy atom. The van der Waals surface area contributed by atoms with Crippen molar-refractivity contribution in [3.05, 3.63) is 70.2 Å². The molecule has 0 aromatic heterocycles. The van der Waals surface area contributed by atoms with E-state index in [-0.39, 0.29) is 24.0 Å². The van der Waals surface area contributed by atoms with Crippen molar-refractivity contribution in [1.29, 1.82) is 0 Å². The van der Waals surface area contributed by atoms with Crippen LogP contribution in [0.4, 0.5) is 0 Å². The summed E-state index contributed by atoms with van der Waals surface area (Å²) in [5, 5.41) is 9.34. The third-order valence-corrected chi connectivity index (χ3v) is 5.51. The highest BCUT2D eigenvalue weighted by Crippen LogP contribution is 2.38. The van der Waals surface area contributed by atoms with Crippen LogP contribution in [0.1, 0.15) is 50.2 Å². The van der Waals surface area contributed by atoms with Crippen LogP contribution in [-0.2, 0) is 25.7 Å². The van der Waals surface area contributed by atoms with Gasteiger partial charge in [-0.1, -0.05) is 58.4 Å². The van der Waals surface area contributed by atoms with Gasteiger partial charge >= 0.3 is 5.97 Å². The highest BCUT2D eigenvalue weighted by molar-refractivity contribution is 9.10. The molecule has 0 radical (unpaired) electrons. The van der Waals surface area contributed by atoms with Crippen molar-refractivity contribution in [3.8, 4) is 0 Å². The van der Waals surface area contributed by atoms with E-state index in [9.17, 15) is 14.7 Å². The molecule has 0 aliphatic heterocycles. The zero-order valence-electron chi connectivity index (χ0n) is 17.4. The fraction of sp³-hybridized carbons (Fsp3) is 0.417. The van der Waals surface area contributed by atoms with Crippen LogP contribution >= 0.6 is 15.9 Å². The molecule has 2 aromatic rings. The molecule has 0 heterocycles. The Kier molecular flexibility index (Phi) is 10.0. The third-order valence-electron chi connectivity index (χ3n) is 4.98. The molecule has 0 saturated heterocycles. The largest absolute Gasteiger partial charge is 0.481 e. The number of rotatable bonds is 7. The van der Waals surface area contributed by atoms with Crippen LogP contribution in [0.2, 0.25) is 0 Å². The standard InChI is InChI=1S/C16H21BrO3.C8H8O2/c1-10(2)20-15-8-12(7-13(9-15)16(18)19)11-3-5-14(17)6-4-11;9-7-10-6-8-4-2-1-3-5-8/h3-6,10,12-13,15H,7-9H2,1-2H3,(H,18,19);1-5,7H,6H2. The zero-order chi connectivity index (χ0) is 21.9. The summed E-state index contributed by atoms with van der Waals surface area (Å²) in [7, 11) is 0. The molecule has 162 valence electrons. The van der Waals surface area contributed by atoms with Crippen LogP contribution in [0, 0.1) is 5.92 Å². The molecule has 1 saturated carbocycles. The number of carboxylic acid groups (broad SMARTS) is 1. The summed E-state index contributed by atoms with van der Waals surface area (Å²) in [6.07, 6.45) is 2.41. The predicted molar refractivity (Wildman–Crippen MR) is 119 cm³/mol. The first-order valence-corrected chi connectivity index (χ1v) is 10.9. The molecule has 3 atom stereocenters. The highest BCUT2D eigenvalue weighted by Gasteiger charge is 2.34. The van der Waals surface area contributed by atoms with Gasteiger partial charge in [0, 0.05) is 4.47 Å². The van der Waals surface area contributed by atoms with Crippen LogP contribution in [0.5, 0.6) is 0 Å². The lowest BCUT2D eigenvalue weighted by atomic mass is 9.76. The van der Waals surface area contributed by atoms with Gasteiger partial charge in [-0.3, -0.25) is 9.59 Å². The minimum Gasteiger partial charge on any atom is -0.481 e. The van der Waals surface area contributed by atoms with E-state index in [0.29, 0.717) is 25.9 Å². The number of carboxylic acids is 1. The van der Waals surface area contributed by atoms with Crippen LogP contribution < -0.4 is 0 Å². The van der Waals surface area contributed by atoms with Gasteiger partial charge in [-0.2, -0.15) is 0 Å². The van der Waals surface area contributed by atoms with E-state index in [1.54, 1.807) is 0 Å². The van der Waals surface area contributed by atoms with Gasteiger partial charge in [0.05, 0.1) is 18.1 Å². The van der Waals surface area contributed by atoms with Crippen molar-refractivity contribution in [2.45, 2.75) is 57.8 Å². The summed E-state index contributed by atoms with van der Waals surface area (Å²) in [4.78, 5) is 21.1. The number of carbonyl (C=O) groups excluding carboxylic acids is 1. The Labute approximate surface area is 186 Å². The molecule has 3 unspecified atom stereocenters. The molecular formula is C24H29BrO5. The fourth-order valence-electron chi connectivity index (χ4n) is 3.68. The highest BCUT2D eigenvalue weighted by atomic mass is 79.9. The lowest BCUT2D eigenvalue weighted by Crippen LogP contribution is -2.33. The summed E-state index contributed by atoms with van der Waals surface area (Å²) in [6.45, 7) is 4.81. The molecule has 6 heteroatoms. The van der Waals surface area contributed by atoms with Gasteiger partial charge in [-0.25, -0.2) is 0 Å². The minimum atomic E-state index is -0.704. The predicted octanol–water partition coefficient (Wildman–Crippen LogP) is 5.57. The van der Waals surface area contributed by atoms with E-state index in [0.717, 1.165) is 16.5 Å². The van der Waals surface area contributed by atoms with E-state index < -0.39 is 5.97 Å². The first-order valence-electron chi connectivity index (χ1n) is 10.1. The second kappa shape index (κ2) is 12.5. The molecular weight excluding hydrogens is 448 g/mol. The Balaban J connectivity index is 0.000000269. The van der Waals surface area contributed by atoms with Crippen LogP contribution in [0.25, 0.3) is 0 Å². The first kappa shape index (κ1) is 24.1. The second-order valence-corrected chi connectivity index (χ2v) is 8.61. The van der Waals surface area contributed by atoms with Crippen LogP contribution in [-0.4, -0.2) is 29.8 Å². The summed E-state index contributed by atoms with van der Waals surface area (Å²) in [5.41, 5.74) is 2.21. The maximum Gasteiger partial charge on any atom is 0.306 e. The van der Waals surface area contributed by atoms with Gasteiger partial charge in [-0.15, -0.1) is 0 Å². The van der Waals surface area contributed by atoms with Crippen molar-refractivity contribution in [2.24, 2.45) is 5.92 Å². The topological polar surface area (TPSA) is 72.8 Å². The van der Waals surface area contributed by atoms with Gasteiger partial charge in [0.1, 0.15) is 6.61 Å². The van der Waals surface area contributed by atoms with Gasteiger partial charge < -0.3 is 14.6 Å². The fourth-order valence-corrected chi connectivity index (χ4v) is 3.94. The minimum absolute atomic E-state index is 0.0403. The van der Waals surface area contributed by atoms with E-state index in [2.05, 4.69) is 32.8 Å². The number of aliphatic carboxylic acids is 1. The maximum atomic E-state index is 11.4. The number of benzene rings is 2. The van der Waals surface area contributed by atoms with Gasteiger partial charge in [0.15, 0.2) is 0 Å². The molecule has 0 bridgehead atoms. The zero-order valence-corrected chi connectivity index (χ0v) is 19.0. The first-order chi connectivity index (χ1) is 14.4. The average molecular weight is 477 g/mol. The number of hydrogen-bond acceptors (Lipinski definition) is 4. The molecule has 0 amide bonds. The van der Waals surface area contributed by atoms with E-state index in [4.69, 9.17) is 4.74 Å². The second-order valence-electron chi connectivity index (χ2n) is 7.69. The summed E-state index contributed by atoms with van der Waals surface area (Å²) in [5.74, 6) is -0.744. The molecule has 3 rings (SSSR count). The maximum absolute atomic E-state index is 11.4. The van der Waals surface area contributed by atoms with Crippen LogP contribution in [0.3, 0.4) is 0 Å². The lowest BCUT2D eigenvalue weighted by Gasteiger charge is -2.34. The van der Waals surface area contributed by atoms with Crippen LogP contribution in [0.15, 0.2) is 59.1 Å². The lowest BCUT2D eigenvalue weighted by molar-refractivity contribution is -0.146. The number of hydrogen-bond donors (Lipinski definition) is 1. The molecule has 1 fully saturated rings. The Bertz CT molecular complexity index is 776. The van der Waals surface area contributed by atoms with E-state index in [1.165, 1.54) is 5.56 Å². The summed E-state index contributed by atoms with van der Waals surface area (Å²) < 4.78 is 11.5. The Hall–Kier alpha value is -2.18. The van der Waals surface area contributed by atoms with Gasteiger partial charge in [0.2, 0.25) is 0 Å². The normalized spacial score (nSPS) is 20.7. The summed E-state index contributed by atoms with van der Waals surface area (Å²) in [6, 6.07) is 17.7. The van der Waals surface area contributed by atoms with Crippen molar-refractivity contribution in [2.75, 3.05) is 0 Å². The molecule has 1 aliphatic carbocycles. The number of carbonyl (C=O) groups is 2. The van der Waals surface area contributed by atoms with E-state index >= 15 is 0 Å². The van der Waals surface area contributed by atoms with Crippen molar-refractivity contribution < 1.29 is 24.2 Å². The SMILES string of the molecule is CC(C)OC1CC(C(=O)O)CC(c2ccc(Br)cc2)C1.O=COCc1ccccc1. The monoisotopic (exact) mass is 476 g/mol. The van der Waals surface area contributed by atoms with Crippen molar-refractivity contribution in [3.63, 3.8) is 0 Å². The van der Waals surface area contributed by atoms with Gasteiger partial charge in [-0.05, 0) is 62.3 Å². The smallest absolute Gasteiger partial charge is 0.306 e. The molecule has 1 N–H and O–H groups in total. The molecule has 30 heavy (non-hydrogen) atoms. The Morgan fingerprint density at radius 3 is 2.33 bits per heavy atom. The molecule has 0 spiro atoms. The average Bonchev–Trinajstić information content (AvgIpc) is 2.73. The quantitative estimate of drug-likeness (QED) is 0.528. The van der Waals surface area contributed by atoms with Crippen molar-refractivity contribution >= 4 is 28.4 Å². The molecule has 1 aliphatic rings. The van der Waals surface area contributed by atoms with Crippen molar-refractivity contribution in [1.82, 2.24) is 0 Å². The Morgan fingerprint density at radius 1 is 1.10 bits per heavy atom. The van der Waals surface area contributed by atoms with E-state index in [1.807, 2.05) is 56.3 Å². The molecule has 5 nitrogen and oxygen atoms in total. The third kappa shape index (κ3) is 8.28. The number of halogens is 1. The summed E-state index contributed by atoms with van der Waals surface area (Å²) >= 11 is 3.43. The van der Waals surface area contributed by atoms with Gasteiger partial charge in [0.25, 0.3) is 6.47 Å². The molecule has 2 aromatic carbocycles.